The topological polar surface area (TPSA) is 74.2 Å². The normalized spacial score (nSPS) is 9.23. The maximum absolute atomic E-state index is 10.8. The lowest BCUT2D eigenvalue weighted by molar-refractivity contribution is -0.125. The smallest absolute Gasteiger partial charge is 0.246 e. The largest absolute Gasteiger partial charge is 0.370 e. The van der Waals surface area contributed by atoms with Crippen LogP contribution in [0.1, 0.15) is 6.92 Å². The van der Waals surface area contributed by atoms with Crippen LogP contribution in [-0.2, 0) is 9.53 Å². The second-order valence-corrected chi connectivity index (χ2v) is 2.34. The molecule has 0 radical (unpaired) electrons. The molecule has 0 saturated heterocycles. The maximum atomic E-state index is 10.8. The van der Waals surface area contributed by atoms with E-state index in [2.05, 4.69) is 10.6 Å². The number of nitrogens with zero attached hydrogens (tertiary/aromatic N) is 1. The standard InChI is InChI=1S/C8H15N3O2/c1-2-10-5-6-13-7-8(12)11-4-3-9/h10H,2,4-7H2,1H3,(H,11,12). The van der Waals surface area contributed by atoms with E-state index >= 15 is 0 Å². The predicted octanol–water partition coefficient (Wildman–Crippen LogP) is -0.748. The molecule has 0 rings (SSSR count). The zero-order valence-electron chi connectivity index (χ0n) is 7.80. The third-order valence-corrected chi connectivity index (χ3v) is 1.27. The Labute approximate surface area is 78.1 Å². The third kappa shape index (κ3) is 8.79. The molecular formula is C8H15N3O2. The van der Waals surface area contributed by atoms with Gasteiger partial charge in [0, 0.05) is 6.54 Å². The highest BCUT2D eigenvalue weighted by molar-refractivity contribution is 5.77. The highest BCUT2D eigenvalue weighted by atomic mass is 16.5. The molecule has 0 aliphatic rings. The van der Waals surface area contributed by atoms with Gasteiger partial charge in [0.25, 0.3) is 0 Å². The molecule has 0 unspecified atom stereocenters. The van der Waals surface area contributed by atoms with Gasteiger partial charge in [-0.05, 0) is 6.54 Å². The van der Waals surface area contributed by atoms with Crippen molar-refractivity contribution in [1.29, 1.82) is 5.26 Å². The van der Waals surface area contributed by atoms with Crippen LogP contribution in [0.5, 0.6) is 0 Å². The van der Waals surface area contributed by atoms with Crippen molar-refractivity contribution in [1.82, 2.24) is 10.6 Å². The molecular weight excluding hydrogens is 170 g/mol. The van der Waals surface area contributed by atoms with Crippen molar-refractivity contribution in [3.63, 3.8) is 0 Å². The Morgan fingerprint density at radius 2 is 2.38 bits per heavy atom. The molecule has 0 spiro atoms. The maximum Gasteiger partial charge on any atom is 0.246 e. The van der Waals surface area contributed by atoms with Gasteiger partial charge in [0.05, 0.1) is 12.7 Å². The summed E-state index contributed by atoms with van der Waals surface area (Å²) < 4.78 is 5.01. The molecule has 0 aromatic rings. The molecule has 0 heterocycles. The minimum absolute atomic E-state index is 0.0209. The Morgan fingerprint density at radius 3 is 3.00 bits per heavy atom. The second-order valence-electron chi connectivity index (χ2n) is 2.34. The first-order valence-electron chi connectivity index (χ1n) is 4.23. The Bertz CT molecular complexity index is 177. The zero-order valence-corrected chi connectivity index (χ0v) is 7.80. The number of ether oxygens (including phenoxy) is 1. The van der Waals surface area contributed by atoms with Gasteiger partial charge >= 0.3 is 0 Å². The molecule has 0 aromatic heterocycles. The van der Waals surface area contributed by atoms with Crippen LogP contribution in [0.2, 0.25) is 0 Å². The first-order valence-corrected chi connectivity index (χ1v) is 4.23. The molecule has 0 aliphatic carbocycles. The lowest BCUT2D eigenvalue weighted by Crippen LogP contribution is -2.29. The lowest BCUT2D eigenvalue weighted by Gasteiger charge is -2.03. The molecule has 5 heteroatoms. The van der Waals surface area contributed by atoms with Crippen molar-refractivity contribution in [2.24, 2.45) is 0 Å². The zero-order chi connectivity index (χ0) is 9.94. The predicted molar refractivity (Wildman–Crippen MR) is 48.0 cm³/mol. The number of hydrogen-bond acceptors (Lipinski definition) is 4. The average molecular weight is 185 g/mol. The van der Waals surface area contributed by atoms with Crippen molar-refractivity contribution < 1.29 is 9.53 Å². The summed E-state index contributed by atoms with van der Waals surface area (Å²) in [5, 5.41) is 13.6. The summed E-state index contributed by atoms with van der Waals surface area (Å²) >= 11 is 0. The van der Waals surface area contributed by atoms with Crippen molar-refractivity contribution in [2.45, 2.75) is 6.92 Å². The van der Waals surface area contributed by atoms with Gasteiger partial charge in [-0.25, -0.2) is 0 Å². The fourth-order valence-electron chi connectivity index (χ4n) is 0.675. The van der Waals surface area contributed by atoms with E-state index < -0.39 is 0 Å². The molecule has 0 aromatic carbocycles. The first kappa shape index (κ1) is 11.9. The van der Waals surface area contributed by atoms with E-state index in [9.17, 15) is 4.79 Å². The van der Waals surface area contributed by atoms with Crippen molar-refractivity contribution >= 4 is 5.91 Å². The molecule has 1 amide bonds. The number of carbonyl (C=O) groups excluding carboxylic acids is 1. The number of hydrogen-bond donors (Lipinski definition) is 2. The number of nitrogens with one attached hydrogen (secondary N) is 2. The summed E-state index contributed by atoms with van der Waals surface area (Å²) in [7, 11) is 0. The van der Waals surface area contributed by atoms with E-state index in [1.54, 1.807) is 0 Å². The Kier molecular flexibility index (Phi) is 8.20. The van der Waals surface area contributed by atoms with Gasteiger partial charge in [0.1, 0.15) is 13.2 Å². The van der Waals surface area contributed by atoms with E-state index in [-0.39, 0.29) is 19.1 Å². The highest BCUT2D eigenvalue weighted by Gasteiger charge is 1.98. The molecule has 0 saturated carbocycles. The van der Waals surface area contributed by atoms with Crippen LogP contribution in [0.4, 0.5) is 0 Å². The quantitative estimate of drug-likeness (QED) is 0.404. The van der Waals surface area contributed by atoms with Gasteiger partial charge in [0.2, 0.25) is 5.91 Å². The van der Waals surface area contributed by atoms with Crippen molar-refractivity contribution in [3.8, 4) is 6.07 Å². The van der Waals surface area contributed by atoms with Crippen LogP contribution >= 0.6 is 0 Å². The minimum Gasteiger partial charge on any atom is -0.370 e. The monoisotopic (exact) mass is 185 g/mol. The summed E-state index contributed by atoms with van der Waals surface area (Å²) in [5.74, 6) is -0.252. The van der Waals surface area contributed by atoms with Gasteiger partial charge in [0.15, 0.2) is 0 Å². The molecule has 0 atom stereocenters. The van der Waals surface area contributed by atoms with Crippen LogP contribution in [0.25, 0.3) is 0 Å². The van der Waals surface area contributed by atoms with Gasteiger partial charge in [-0.3, -0.25) is 4.79 Å². The van der Waals surface area contributed by atoms with Gasteiger partial charge in [-0.2, -0.15) is 5.26 Å². The fraction of sp³-hybridized carbons (Fsp3) is 0.750. The van der Waals surface area contributed by atoms with E-state index in [1.165, 1.54) is 0 Å². The lowest BCUT2D eigenvalue weighted by atomic mass is 10.6. The first-order chi connectivity index (χ1) is 6.31. The van der Waals surface area contributed by atoms with E-state index in [1.807, 2.05) is 13.0 Å². The van der Waals surface area contributed by atoms with Gasteiger partial charge in [-0.1, -0.05) is 6.92 Å². The summed E-state index contributed by atoms with van der Waals surface area (Å²) in [6.07, 6.45) is 0. The Morgan fingerprint density at radius 1 is 1.62 bits per heavy atom. The van der Waals surface area contributed by atoms with Crippen LogP contribution in [-0.4, -0.2) is 38.8 Å². The Balaban J connectivity index is 3.13. The number of amides is 1. The van der Waals surface area contributed by atoms with Crippen LogP contribution < -0.4 is 10.6 Å². The molecule has 13 heavy (non-hydrogen) atoms. The van der Waals surface area contributed by atoms with E-state index in [4.69, 9.17) is 10.00 Å². The van der Waals surface area contributed by atoms with Crippen LogP contribution in [0.3, 0.4) is 0 Å². The third-order valence-electron chi connectivity index (χ3n) is 1.27. The molecule has 74 valence electrons. The molecule has 5 nitrogen and oxygen atoms in total. The number of carbonyl (C=O) groups is 1. The molecule has 2 N–H and O–H groups in total. The SMILES string of the molecule is CCNCCOCC(=O)NCC#N. The van der Waals surface area contributed by atoms with Crippen LogP contribution in [0.15, 0.2) is 0 Å². The molecule has 0 aliphatic heterocycles. The summed E-state index contributed by atoms with van der Waals surface area (Å²) in [6, 6.07) is 1.81. The van der Waals surface area contributed by atoms with E-state index in [0.717, 1.165) is 13.1 Å². The molecule has 0 bridgehead atoms. The Hall–Kier alpha value is -1.12. The molecule has 0 fully saturated rings. The number of nitriles is 1. The van der Waals surface area contributed by atoms with Crippen molar-refractivity contribution in [2.75, 3.05) is 32.8 Å². The van der Waals surface area contributed by atoms with Gasteiger partial charge in [-0.15, -0.1) is 0 Å². The summed E-state index contributed by atoms with van der Waals surface area (Å²) in [5.41, 5.74) is 0. The van der Waals surface area contributed by atoms with Crippen LogP contribution in [0, 0.1) is 11.3 Å². The fourth-order valence-corrected chi connectivity index (χ4v) is 0.675. The second kappa shape index (κ2) is 8.97. The minimum atomic E-state index is -0.252. The van der Waals surface area contributed by atoms with Crippen molar-refractivity contribution in [3.05, 3.63) is 0 Å². The summed E-state index contributed by atoms with van der Waals surface area (Å²) in [4.78, 5) is 10.8. The number of rotatable bonds is 7. The summed E-state index contributed by atoms with van der Waals surface area (Å²) in [6.45, 7) is 4.20. The average Bonchev–Trinajstić information content (AvgIpc) is 2.14. The number of likely N-dealkylation sites (N-methyl/N-ethyl adjacent to an activating group) is 1. The highest BCUT2D eigenvalue weighted by Crippen LogP contribution is 1.74. The van der Waals surface area contributed by atoms with Gasteiger partial charge < -0.3 is 15.4 Å². The van der Waals surface area contributed by atoms with E-state index in [0.29, 0.717) is 6.61 Å².